The summed E-state index contributed by atoms with van der Waals surface area (Å²) in [6.45, 7) is 7.35. The van der Waals surface area contributed by atoms with Crippen LogP contribution >= 0.6 is 0 Å². The Labute approximate surface area is 185 Å². The Morgan fingerprint density at radius 3 is 2.28 bits per heavy atom. The number of nitrogens with one attached hydrogen (secondary N) is 1. The monoisotopic (exact) mass is 441 g/mol. The molecule has 0 aliphatic carbocycles. The number of alkyl halides is 3. The van der Waals surface area contributed by atoms with Crippen molar-refractivity contribution in [2.24, 2.45) is 0 Å². The molecule has 1 aliphatic rings. The summed E-state index contributed by atoms with van der Waals surface area (Å²) in [5.74, 6) is 0. The fraction of sp³-hybridized carbons (Fsp3) is 0.320. The molecule has 0 saturated heterocycles. The quantitative estimate of drug-likeness (QED) is 0.488. The zero-order valence-electron chi connectivity index (χ0n) is 18.3. The second kappa shape index (κ2) is 8.04. The predicted molar refractivity (Wildman–Crippen MR) is 119 cm³/mol. The molecule has 1 N–H and O–H groups in total. The van der Waals surface area contributed by atoms with Crippen molar-refractivity contribution in [1.29, 1.82) is 0 Å². The second-order valence-corrected chi connectivity index (χ2v) is 9.07. The molecule has 1 aliphatic heterocycles. The van der Waals surface area contributed by atoms with E-state index in [4.69, 9.17) is 0 Å². The summed E-state index contributed by atoms with van der Waals surface area (Å²) in [4.78, 5) is 14.8. The van der Waals surface area contributed by atoms with Gasteiger partial charge in [0.25, 0.3) is 0 Å². The van der Waals surface area contributed by atoms with Gasteiger partial charge in [-0.05, 0) is 40.8 Å². The van der Waals surface area contributed by atoms with Gasteiger partial charge in [0, 0.05) is 25.0 Å². The number of anilines is 1. The first-order valence-electron chi connectivity index (χ1n) is 10.5. The summed E-state index contributed by atoms with van der Waals surface area (Å²) >= 11 is 0. The smallest absolute Gasteiger partial charge is 0.348 e. The predicted octanol–water partition coefficient (Wildman–Crippen LogP) is 6.44. The molecule has 3 aromatic rings. The van der Waals surface area contributed by atoms with E-state index in [-0.39, 0.29) is 11.1 Å². The van der Waals surface area contributed by atoms with Gasteiger partial charge in [0.1, 0.15) is 0 Å². The molecule has 0 radical (unpaired) electrons. The zero-order chi connectivity index (χ0) is 23.1. The molecule has 7 heteroatoms. The lowest BCUT2D eigenvalue weighted by Gasteiger charge is -2.37. The van der Waals surface area contributed by atoms with Crippen LogP contribution in [0.1, 0.15) is 49.2 Å². The molecular weight excluding hydrogens is 415 g/mol. The highest BCUT2D eigenvalue weighted by molar-refractivity contribution is 5.91. The van der Waals surface area contributed by atoms with Gasteiger partial charge in [-0.2, -0.15) is 13.2 Å². The van der Waals surface area contributed by atoms with Crippen LogP contribution in [0.15, 0.2) is 66.9 Å². The Kier molecular flexibility index (Phi) is 5.53. The molecular formula is C25H26F3N3O. The maximum absolute atomic E-state index is 13.4. The van der Waals surface area contributed by atoms with Gasteiger partial charge in [0.15, 0.2) is 0 Å². The highest BCUT2D eigenvalue weighted by atomic mass is 19.4. The average molecular weight is 441 g/mol. The van der Waals surface area contributed by atoms with Crippen molar-refractivity contribution in [2.45, 2.75) is 44.9 Å². The molecule has 32 heavy (non-hydrogen) atoms. The van der Waals surface area contributed by atoms with Crippen LogP contribution in [0.5, 0.6) is 0 Å². The fourth-order valence-corrected chi connectivity index (χ4v) is 4.14. The number of urea groups is 1. The number of hydrogen-bond acceptors (Lipinski definition) is 1. The number of carbonyl (C=O) groups is 1. The zero-order valence-corrected chi connectivity index (χ0v) is 18.3. The minimum absolute atomic E-state index is 0.0102. The summed E-state index contributed by atoms with van der Waals surface area (Å²) in [5.41, 5.74) is 1.90. The van der Waals surface area contributed by atoms with E-state index in [2.05, 4.69) is 30.7 Å². The number of halogens is 3. The maximum Gasteiger partial charge on any atom is 0.418 e. The summed E-state index contributed by atoms with van der Waals surface area (Å²) < 4.78 is 42.3. The summed E-state index contributed by atoms with van der Waals surface area (Å²) in [7, 11) is 0. The van der Waals surface area contributed by atoms with E-state index in [9.17, 15) is 18.0 Å². The van der Waals surface area contributed by atoms with Crippen molar-refractivity contribution < 1.29 is 18.0 Å². The first-order chi connectivity index (χ1) is 15.1. The van der Waals surface area contributed by atoms with Crippen LogP contribution in [0.2, 0.25) is 0 Å². The van der Waals surface area contributed by atoms with Crippen LogP contribution < -0.4 is 5.32 Å². The molecule has 1 atom stereocenters. The van der Waals surface area contributed by atoms with E-state index in [0.717, 1.165) is 17.3 Å². The number of amides is 2. The molecule has 0 fully saturated rings. The van der Waals surface area contributed by atoms with E-state index in [0.29, 0.717) is 13.1 Å². The maximum atomic E-state index is 13.4. The Balaban J connectivity index is 1.68. The van der Waals surface area contributed by atoms with Crippen molar-refractivity contribution >= 4 is 11.7 Å². The molecule has 2 heterocycles. The third-order valence-electron chi connectivity index (χ3n) is 5.87. The second-order valence-electron chi connectivity index (χ2n) is 9.07. The van der Waals surface area contributed by atoms with Crippen LogP contribution in [-0.2, 0) is 18.1 Å². The van der Waals surface area contributed by atoms with Crippen LogP contribution in [0.4, 0.5) is 23.7 Å². The van der Waals surface area contributed by atoms with Crippen molar-refractivity contribution in [3.05, 3.63) is 89.2 Å². The Hall–Kier alpha value is -3.22. The summed E-state index contributed by atoms with van der Waals surface area (Å²) in [6, 6.07) is 16.1. The van der Waals surface area contributed by atoms with Gasteiger partial charge in [0.05, 0.1) is 17.3 Å². The normalized spacial score (nSPS) is 16.6. The summed E-state index contributed by atoms with van der Waals surface area (Å²) in [5, 5.41) is 2.50. The minimum Gasteiger partial charge on any atom is -0.348 e. The van der Waals surface area contributed by atoms with E-state index in [1.165, 1.54) is 23.8 Å². The minimum atomic E-state index is -4.55. The molecule has 168 valence electrons. The van der Waals surface area contributed by atoms with E-state index in [1.54, 1.807) is 4.90 Å². The lowest BCUT2D eigenvalue weighted by atomic mass is 9.86. The number of benzene rings is 2. The van der Waals surface area contributed by atoms with Gasteiger partial charge < -0.3 is 14.8 Å². The SMILES string of the molecule is CC(C)(C)c1ccc([C@H]2c3cccn3CCN2C(=O)Nc2ccccc2C(F)(F)F)cc1. The van der Waals surface area contributed by atoms with Crippen LogP contribution in [0, 0.1) is 0 Å². The number of rotatable bonds is 2. The van der Waals surface area contributed by atoms with Gasteiger partial charge in [-0.25, -0.2) is 4.79 Å². The third-order valence-corrected chi connectivity index (χ3v) is 5.87. The van der Waals surface area contributed by atoms with Gasteiger partial charge in [0.2, 0.25) is 0 Å². The molecule has 2 amide bonds. The van der Waals surface area contributed by atoms with E-state index < -0.39 is 23.8 Å². The lowest BCUT2D eigenvalue weighted by Crippen LogP contribution is -2.44. The number of para-hydroxylation sites is 1. The van der Waals surface area contributed by atoms with Crippen LogP contribution in [-0.4, -0.2) is 22.0 Å². The average Bonchev–Trinajstić information content (AvgIpc) is 3.21. The Morgan fingerprint density at radius 2 is 1.62 bits per heavy atom. The van der Waals surface area contributed by atoms with Gasteiger partial charge in [-0.3, -0.25) is 0 Å². The summed E-state index contributed by atoms with van der Waals surface area (Å²) in [6.07, 6.45) is -2.59. The fourth-order valence-electron chi connectivity index (χ4n) is 4.14. The van der Waals surface area contributed by atoms with E-state index in [1.807, 2.05) is 42.6 Å². The number of nitrogens with zero attached hydrogens (tertiary/aromatic N) is 2. The highest BCUT2D eigenvalue weighted by Gasteiger charge is 2.36. The van der Waals surface area contributed by atoms with Crippen LogP contribution in [0.3, 0.4) is 0 Å². The third kappa shape index (κ3) is 4.24. The van der Waals surface area contributed by atoms with Crippen molar-refractivity contribution in [1.82, 2.24) is 9.47 Å². The van der Waals surface area contributed by atoms with Crippen molar-refractivity contribution in [2.75, 3.05) is 11.9 Å². The molecule has 0 saturated carbocycles. The highest BCUT2D eigenvalue weighted by Crippen LogP contribution is 2.37. The largest absolute Gasteiger partial charge is 0.418 e. The number of aromatic nitrogens is 1. The molecule has 2 aromatic carbocycles. The number of fused-ring (bicyclic) bond motifs is 1. The van der Waals surface area contributed by atoms with E-state index >= 15 is 0 Å². The molecule has 1 aromatic heterocycles. The standard InChI is InChI=1S/C25H26F3N3O/c1-24(2,3)18-12-10-17(11-13-18)22-21-9-6-14-30(21)15-16-31(22)23(32)29-20-8-5-4-7-19(20)25(26,27)28/h4-14,22H,15-16H2,1-3H3,(H,29,32)/t22-/m0/s1. The van der Waals surface area contributed by atoms with Gasteiger partial charge >= 0.3 is 12.2 Å². The van der Waals surface area contributed by atoms with Crippen molar-refractivity contribution in [3.63, 3.8) is 0 Å². The number of hydrogen-bond donors (Lipinski definition) is 1. The number of carbonyl (C=O) groups excluding carboxylic acids is 1. The topological polar surface area (TPSA) is 37.3 Å². The molecule has 4 rings (SSSR count). The van der Waals surface area contributed by atoms with Gasteiger partial charge in [-0.15, -0.1) is 0 Å². The molecule has 4 nitrogen and oxygen atoms in total. The lowest BCUT2D eigenvalue weighted by molar-refractivity contribution is -0.136. The molecule has 0 unspecified atom stereocenters. The molecule has 0 bridgehead atoms. The first kappa shape index (κ1) is 22.0. The van der Waals surface area contributed by atoms with Crippen LogP contribution in [0.25, 0.3) is 0 Å². The molecule has 0 spiro atoms. The Bertz CT molecular complexity index is 1110. The van der Waals surface area contributed by atoms with Gasteiger partial charge in [-0.1, -0.05) is 57.2 Å². The Morgan fingerprint density at radius 1 is 0.938 bits per heavy atom. The van der Waals surface area contributed by atoms with Crippen molar-refractivity contribution in [3.8, 4) is 0 Å². The first-order valence-corrected chi connectivity index (χ1v) is 10.5.